The van der Waals surface area contributed by atoms with Gasteiger partial charge in [-0.2, -0.15) is 5.10 Å². The first kappa shape index (κ1) is 19.6. The molecule has 0 saturated carbocycles. The number of benzene rings is 1. The molecule has 1 fully saturated rings. The van der Waals surface area contributed by atoms with E-state index in [1.807, 2.05) is 31.6 Å². The van der Waals surface area contributed by atoms with Crippen LogP contribution in [0.4, 0.5) is 5.69 Å². The Balaban J connectivity index is 1.23. The molecule has 3 aromatic heterocycles. The molecule has 0 atom stereocenters. The van der Waals surface area contributed by atoms with E-state index in [9.17, 15) is 0 Å². The number of anilines is 1. The number of pyridine rings is 1. The van der Waals surface area contributed by atoms with Crippen molar-refractivity contribution in [2.75, 3.05) is 25.5 Å². The van der Waals surface area contributed by atoms with Crippen LogP contribution in [0.2, 0.25) is 0 Å². The Bertz CT molecular complexity index is 1190. The van der Waals surface area contributed by atoms with Crippen LogP contribution in [0.5, 0.6) is 0 Å². The number of hydrogen-bond donors (Lipinski definition) is 2. The van der Waals surface area contributed by atoms with Crippen LogP contribution in [0.1, 0.15) is 36.0 Å². The van der Waals surface area contributed by atoms with Gasteiger partial charge < -0.3 is 5.32 Å². The third kappa shape index (κ3) is 4.14. The molecule has 1 aromatic carbocycles. The second kappa shape index (κ2) is 8.43. The zero-order chi connectivity index (χ0) is 21.2. The second-order valence-corrected chi connectivity index (χ2v) is 8.21. The average molecular weight is 414 g/mol. The molecule has 1 saturated heterocycles. The minimum Gasteiger partial charge on any atom is -0.387 e. The van der Waals surface area contributed by atoms with E-state index in [2.05, 4.69) is 56.6 Å². The topological polar surface area (TPSA) is 82.6 Å². The van der Waals surface area contributed by atoms with Crippen LogP contribution >= 0.6 is 0 Å². The highest BCUT2D eigenvalue weighted by Crippen LogP contribution is 2.30. The number of aromatic nitrogens is 5. The minimum atomic E-state index is 0.497. The van der Waals surface area contributed by atoms with Crippen LogP contribution in [0.15, 0.2) is 48.8 Å². The summed E-state index contributed by atoms with van der Waals surface area (Å²) in [6, 6.07) is 12.5. The van der Waals surface area contributed by atoms with E-state index >= 15 is 0 Å². The Morgan fingerprint density at radius 3 is 2.77 bits per heavy atom. The van der Waals surface area contributed by atoms with Gasteiger partial charge >= 0.3 is 0 Å². The third-order valence-corrected chi connectivity index (χ3v) is 6.15. The number of hydrogen-bond acceptors (Lipinski definition) is 6. The molecule has 0 amide bonds. The Hall–Kier alpha value is -3.32. The first-order chi connectivity index (χ1) is 15.2. The number of H-pyrrole nitrogens is 1. The lowest BCUT2D eigenvalue weighted by Crippen LogP contribution is -2.33. The van der Waals surface area contributed by atoms with Crippen molar-refractivity contribution in [3.05, 3.63) is 66.0 Å². The molecule has 1 aliphatic heterocycles. The van der Waals surface area contributed by atoms with Crippen molar-refractivity contribution in [1.29, 1.82) is 0 Å². The summed E-state index contributed by atoms with van der Waals surface area (Å²) in [5.74, 6) is 1.41. The molecule has 0 bridgehead atoms. The summed E-state index contributed by atoms with van der Waals surface area (Å²) in [7, 11) is 1.90. The quantitative estimate of drug-likeness (QED) is 0.512. The van der Waals surface area contributed by atoms with Crippen molar-refractivity contribution >= 4 is 16.6 Å². The number of nitrogens with zero attached hydrogens (tertiary/aromatic N) is 5. The number of piperidine rings is 1. The van der Waals surface area contributed by atoms with E-state index in [0.29, 0.717) is 5.92 Å². The van der Waals surface area contributed by atoms with Gasteiger partial charge in [0.2, 0.25) is 0 Å². The third-order valence-electron chi connectivity index (χ3n) is 6.15. The van der Waals surface area contributed by atoms with Crippen molar-refractivity contribution in [3.63, 3.8) is 0 Å². The van der Waals surface area contributed by atoms with Gasteiger partial charge in [-0.25, -0.2) is 9.97 Å². The molecule has 0 radical (unpaired) electrons. The summed E-state index contributed by atoms with van der Waals surface area (Å²) in [5.41, 5.74) is 6.25. The number of aryl methyl sites for hydroxylation is 1. The smallest absolute Gasteiger partial charge is 0.143 e. The van der Waals surface area contributed by atoms with E-state index in [4.69, 9.17) is 9.97 Å². The number of fused-ring (bicyclic) bond motifs is 1. The Kier molecular flexibility index (Phi) is 5.34. The summed E-state index contributed by atoms with van der Waals surface area (Å²) < 4.78 is 0. The molecule has 4 aromatic rings. The monoisotopic (exact) mass is 413 g/mol. The second-order valence-electron chi connectivity index (χ2n) is 8.21. The van der Waals surface area contributed by atoms with Crippen LogP contribution in [-0.2, 0) is 6.54 Å². The molecule has 1 aliphatic rings. The highest BCUT2D eigenvalue weighted by atomic mass is 15.2. The fraction of sp³-hybridized carbons (Fsp3) is 0.333. The number of rotatable bonds is 5. The normalized spacial score (nSPS) is 15.4. The van der Waals surface area contributed by atoms with E-state index in [0.717, 1.165) is 71.8 Å². The van der Waals surface area contributed by atoms with Crippen LogP contribution < -0.4 is 5.32 Å². The predicted molar refractivity (Wildman–Crippen MR) is 123 cm³/mol. The van der Waals surface area contributed by atoms with Gasteiger partial charge in [0.15, 0.2) is 0 Å². The van der Waals surface area contributed by atoms with Crippen LogP contribution in [0.3, 0.4) is 0 Å². The van der Waals surface area contributed by atoms with E-state index < -0.39 is 0 Å². The van der Waals surface area contributed by atoms with Crippen molar-refractivity contribution in [1.82, 2.24) is 30.0 Å². The lowest BCUT2D eigenvalue weighted by Gasteiger charge is -2.30. The molecule has 2 N–H and O–H groups in total. The van der Waals surface area contributed by atoms with Crippen molar-refractivity contribution in [2.24, 2.45) is 0 Å². The average Bonchev–Trinajstić information content (AvgIpc) is 3.30. The summed E-state index contributed by atoms with van der Waals surface area (Å²) in [6.45, 7) is 4.93. The molecule has 4 heterocycles. The van der Waals surface area contributed by atoms with Gasteiger partial charge in [-0.1, -0.05) is 18.2 Å². The largest absolute Gasteiger partial charge is 0.387 e. The van der Waals surface area contributed by atoms with Crippen molar-refractivity contribution in [2.45, 2.75) is 32.2 Å². The molecule has 0 spiro atoms. The number of aromatic amines is 1. The first-order valence-corrected chi connectivity index (χ1v) is 10.8. The molecule has 7 nitrogen and oxygen atoms in total. The molecule has 31 heavy (non-hydrogen) atoms. The first-order valence-electron chi connectivity index (χ1n) is 10.8. The van der Waals surface area contributed by atoms with Crippen LogP contribution in [-0.4, -0.2) is 50.2 Å². The van der Waals surface area contributed by atoms with Gasteiger partial charge in [-0.05, 0) is 51.1 Å². The number of nitrogens with one attached hydrogen (secondary N) is 2. The summed E-state index contributed by atoms with van der Waals surface area (Å²) in [5, 5.41) is 12.1. The SMILES string of the molecule is CNc1cncc(-c2cc(C3CCN(Cc4nc(C)c5ccccc5n4)CC3)[nH]n2)c1. The Morgan fingerprint density at radius 2 is 1.94 bits per heavy atom. The Labute approximate surface area is 182 Å². The van der Waals surface area contributed by atoms with Gasteiger partial charge in [0.1, 0.15) is 5.82 Å². The van der Waals surface area contributed by atoms with Crippen molar-refractivity contribution < 1.29 is 0 Å². The number of para-hydroxylation sites is 1. The highest BCUT2D eigenvalue weighted by molar-refractivity contribution is 5.80. The van der Waals surface area contributed by atoms with Crippen LogP contribution in [0.25, 0.3) is 22.2 Å². The molecule has 5 rings (SSSR count). The van der Waals surface area contributed by atoms with Gasteiger partial charge in [0.05, 0.1) is 23.4 Å². The van der Waals surface area contributed by atoms with Gasteiger partial charge in [-0.15, -0.1) is 0 Å². The molecule has 0 aliphatic carbocycles. The van der Waals surface area contributed by atoms with Gasteiger partial charge in [0, 0.05) is 47.7 Å². The fourth-order valence-electron chi connectivity index (χ4n) is 4.38. The molecule has 7 heteroatoms. The summed E-state index contributed by atoms with van der Waals surface area (Å²) in [4.78, 5) is 16.3. The zero-order valence-electron chi connectivity index (χ0n) is 18.0. The van der Waals surface area contributed by atoms with Crippen molar-refractivity contribution in [3.8, 4) is 11.3 Å². The standard InChI is InChI=1S/C24H27N7/c1-16-20-5-3-4-6-21(20)28-24(27-16)15-31-9-7-17(8-10-31)22-12-23(30-29-22)18-11-19(25-2)14-26-13-18/h3-6,11-14,17,25H,7-10,15H2,1-2H3,(H,29,30). The maximum absolute atomic E-state index is 4.78. The molecular formula is C24H27N7. The lowest BCUT2D eigenvalue weighted by atomic mass is 9.93. The van der Waals surface area contributed by atoms with E-state index in [1.54, 1.807) is 0 Å². The van der Waals surface area contributed by atoms with Gasteiger partial charge in [-0.3, -0.25) is 15.0 Å². The lowest BCUT2D eigenvalue weighted by molar-refractivity contribution is 0.199. The molecule has 158 valence electrons. The fourth-order valence-corrected chi connectivity index (χ4v) is 4.38. The van der Waals surface area contributed by atoms with E-state index in [1.165, 1.54) is 5.69 Å². The predicted octanol–water partition coefficient (Wildman–Crippen LogP) is 4.14. The molecular weight excluding hydrogens is 386 g/mol. The Morgan fingerprint density at radius 1 is 1.10 bits per heavy atom. The van der Waals surface area contributed by atoms with Crippen LogP contribution in [0, 0.1) is 6.92 Å². The van der Waals surface area contributed by atoms with E-state index in [-0.39, 0.29) is 0 Å². The maximum atomic E-state index is 4.78. The maximum Gasteiger partial charge on any atom is 0.143 e. The van der Waals surface area contributed by atoms with Gasteiger partial charge in [0.25, 0.3) is 0 Å². The highest BCUT2D eigenvalue weighted by Gasteiger charge is 2.23. The minimum absolute atomic E-state index is 0.497. The zero-order valence-corrected chi connectivity index (χ0v) is 18.0. The molecule has 0 unspecified atom stereocenters. The number of likely N-dealkylation sites (tertiary alicyclic amines) is 1. The summed E-state index contributed by atoms with van der Waals surface area (Å²) >= 11 is 0. The summed E-state index contributed by atoms with van der Waals surface area (Å²) in [6.07, 6.45) is 5.87.